The first-order valence-electron chi connectivity index (χ1n) is 4.33. The molecule has 0 saturated heterocycles. The molecule has 0 aliphatic rings. The van der Waals surface area contributed by atoms with Crippen molar-refractivity contribution < 1.29 is 19.4 Å². The van der Waals surface area contributed by atoms with Crippen LogP contribution in [-0.4, -0.2) is 24.8 Å². The van der Waals surface area contributed by atoms with Gasteiger partial charge in [-0.3, -0.25) is 0 Å². The van der Waals surface area contributed by atoms with Gasteiger partial charge in [-0.15, -0.1) is 0 Å². The van der Waals surface area contributed by atoms with Gasteiger partial charge in [0.05, 0.1) is 18.7 Å². The van der Waals surface area contributed by atoms with Gasteiger partial charge in [-0.05, 0) is 13.0 Å². The molecule has 0 spiro atoms. The molecule has 0 atom stereocenters. The summed E-state index contributed by atoms with van der Waals surface area (Å²) in [5.74, 6) is -0.437. The van der Waals surface area contributed by atoms with Gasteiger partial charge in [-0.25, -0.2) is 4.79 Å². The number of methoxy groups -OCH3 is 1. The molecule has 0 saturated carbocycles. The number of benzene rings is 1. The maximum Gasteiger partial charge on any atom is 0.339 e. The molecule has 0 bridgehead atoms. The summed E-state index contributed by atoms with van der Waals surface area (Å²) in [5, 5.41) is 9.12. The van der Waals surface area contributed by atoms with Crippen molar-refractivity contribution >= 4 is 17.6 Å². The van der Waals surface area contributed by atoms with Crippen molar-refractivity contribution in [2.75, 3.05) is 13.7 Å². The van der Waals surface area contributed by atoms with Gasteiger partial charge in [0.1, 0.15) is 17.1 Å². The molecule has 5 heteroatoms. The Morgan fingerprint density at radius 3 is 2.60 bits per heavy atom. The van der Waals surface area contributed by atoms with Gasteiger partial charge in [-0.1, -0.05) is 11.6 Å². The van der Waals surface area contributed by atoms with Crippen LogP contribution in [0.1, 0.15) is 17.3 Å². The summed E-state index contributed by atoms with van der Waals surface area (Å²) in [6.07, 6.45) is 0. The molecule has 15 heavy (non-hydrogen) atoms. The summed E-state index contributed by atoms with van der Waals surface area (Å²) < 4.78 is 10.1. The number of rotatable bonds is 4. The molecular weight excluding hydrogens is 220 g/mol. The first-order chi connectivity index (χ1) is 7.10. The molecule has 0 aromatic heterocycles. The van der Waals surface area contributed by atoms with Gasteiger partial charge >= 0.3 is 5.97 Å². The highest BCUT2D eigenvalue weighted by Gasteiger charge is 2.15. The lowest BCUT2D eigenvalue weighted by atomic mass is 10.2. The van der Waals surface area contributed by atoms with Crippen LogP contribution in [0.15, 0.2) is 12.1 Å². The van der Waals surface area contributed by atoms with Gasteiger partial charge in [0.2, 0.25) is 0 Å². The van der Waals surface area contributed by atoms with E-state index in [0.717, 1.165) is 0 Å². The lowest BCUT2D eigenvalue weighted by Gasteiger charge is -2.10. The Labute approximate surface area is 92.4 Å². The minimum Gasteiger partial charge on any atom is -0.496 e. The average molecular weight is 231 g/mol. The van der Waals surface area contributed by atoms with Crippen LogP contribution in [0.2, 0.25) is 5.02 Å². The molecule has 0 radical (unpaired) electrons. The monoisotopic (exact) mass is 230 g/mol. The molecule has 0 amide bonds. The van der Waals surface area contributed by atoms with Gasteiger partial charge in [0.15, 0.2) is 0 Å². The van der Waals surface area contributed by atoms with Crippen molar-refractivity contribution in [1.29, 1.82) is 0 Å². The van der Waals surface area contributed by atoms with E-state index >= 15 is 0 Å². The number of halogens is 1. The van der Waals surface area contributed by atoms with E-state index < -0.39 is 5.97 Å². The Morgan fingerprint density at radius 1 is 1.47 bits per heavy atom. The van der Waals surface area contributed by atoms with Crippen LogP contribution in [0.4, 0.5) is 0 Å². The second-order valence-corrected chi connectivity index (χ2v) is 3.13. The van der Waals surface area contributed by atoms with E-state index in [1.54, 1.807) is 0 Å². The zero-order valence-electron chi connectivity index (χ0n) is 8.41. The zero-order chi connectivity index (χ0) is 11.4. The summed E-state index contributed by atoms with van der Waals surface area (Å²) in [6.45, 7) is 2.27. The smallest absolute Gasteiger partial charge is 0.339 e. The molecule has 1 N–H and O–H groups in total. The molecule has 0 unspecified atom stereocenters. The lowest BCUT2D eigenvalue weighted by molar-refractivity contribution is 0.0693. The molecule has 1 aromatic rings. The Bertz CT molecular complexity index is 376. The third kappa shape index (κ3) is 2.53. The van der Waals surface area contributed by atoms with E-state index in [-0.39, 0.29) is 16.3 Å². The predicted octanol–water partition coefficient (Wildman–Crippen LogP) is 2.45. The minimum absolute atomic E-state index is 0.0194. The molecule has 0 fully saturated rings. The molecule has 1 rings (SSSR count). The molecule has 0 heterocycles. The van der Waals surface area contributed by atoms with Crippen LogP contribution in [0, 0.1) is 0 Å². The maximum absolute atomic E-state index is 10.8. The van der Waals surface area contributed by atoms with E-state index in [4.69, 9.17) is 26.2 Å². The van der Waals surface area contributed by atoms with Crippen LogP contribution in [0.5, 0.6) is 11.5 Å². The number of hydrogen-bond donors (Lipinski definition) is 1. The average Bonchev–Trinajstić information content (AvgIpc) is 2.20. The summed E-state index contributed by atoms with van der Waals surface area (Å²) in [5.41, 5.74) is 0.0194. The van der Waals surface area contributed by atoms with Crippen LogP contribution in [-0.2, 0) is 0 Å². The zero-order valence-corrected chi connectivity index (χ0v) is 9.17. The number of carboxylic acids is 1. The number of aromatic carboxylic acids is 1. The van der Waals surface area contributed by atoms with Crippen molar-refractivity contribution in [2.24, 2.45) is 0 Å². The quantitative estimate of drug-likeness (QED) is 0.863. The number of ether oxygens (including phenoxy) is 2. The van der Waals surface area contributed by atoms with Crippen molar-refractivity contribution in [1.82, 2.24) is 0 Å². The molecule has 4 nitrogen and oxygen atoms in total. The highest BCUT2D eigenvalue weighted by molar-refractivity contribution is 6.32. The summed E-state index contributed by atoms with van der Waals surface area (Å²) in [4.78, 5) is 10.8. The molecule has 1 aromatic carbocycles. The van der Waals surface area contributed by atoms with E-state index in [1.807, 2.05) is 6.92 Å². The van der Waals surface area contributed by atoms with E-state index in [2.05, 4.69) is 0 Å². The number of carbonyl (C=O) groups is 1. The summed E-state index contributed by atoms with van der Waals surface area (Å²) in [6, 6.07) is 2.78. The fraction of sp³-hybridized carbons (Fsp3) is 0.300. The first-order valence-corrected chi connectivity index (χ1v) is 4.71. The Kier molecular flexibility index (Phi) is 3.80. The topological polar surface area (TPSA) is 55.8 Å². The highest BCUT2D eigenvalue weighted by atomic mass is 35.5. The van der Waals surface area contributed by atoms with Crippen molar-refractivity contribution in [3.63, 3.8) is 0 Å². The summed E-state index contributed by atoms with van der Waals surface area (Å²) in [7, 11) is 1.39. The molecular formula is C10H11ClO4. The van der Waals surface area contributed by atoms with Crippen molar-refractivity contribution in [3.8, 4) is 11.5 Å². The highest BCUT2D eigenvalue weighted by Crippen LogP contribution is 2.32. The molecule has 82 valence electrons. The van der Waals surface area contributed by atoms with Crippen LogP contribution >= 0.6 is 11.6 Å². The van der Waals surface area contributed by atoms with Crippen molar-refractivity contribution in [3.05, 3.63) is 22.7 Å². The maximum atomic E-state index is 10.8. The summed E-state index contributed by atoms with van der Waals surface area (Å²) >= 11 is 5.84. The van der Waals surface area contributed by atoms with Gasteiger partial charge in [0, 0.05) is 6.07 Å². The van der Waals surface area contributed by atoms with Gasteiger partial charge in [0.25, 0.3) is 0 Å². The van der Waals surface area contributed by atoms with Crippen LogP contribution in [0.3, 0.4) is 0 Å². The lowest BCUT2D eigenvalue weighted by Crippen LogP contribution is -2.02. The number of carboxylic acid groups (broad SMARTS) is 1. The van der Waals surface area contributed by atoms with Gasteiger partial charge in [-0.2, -0.15) is 0 Å². The number of hydrogen-bond acceptors (Lipinski definition) is 3. The fourth-order valence-electron chi connectivity index (χ4n) is 1.14. The predicted molar refractivity (Wildman–Crippen MR) is 56.1 cm³/mol. The SMILES string of the molecule is CCOc1cc(OC)c(C(=O)O)cc1Cl. The fourth-order valence-corrected chi connectivity index (χ4v) is 1.36. The second kappa shape index (κ2) is 4.89. The normalized spacial score (nSPS) is 9.80. The second-order valence-electron chi connectivity index (χ2n) is 2.72. The Hall–Kier alpha value is -1.42. The molecule has 0 aliphatic heterocycles. The van der Waals surface area contributed by atoms with E-state index in [1.165, 1.54) is 19.2 Å². The van der Waals surface area contributed by atoms with Crippen molar-refractivity contribution in [2.45, 2.75) is 6.92 Å². The minimum atomic E-state index is -1.09. The van der Waals surface area contributed by atoms with E-state index in [9.17, 15) is 4.79 Å². The Morgan fingerprint density at radius 2 is 2.13 bits per heavy atom. The third-order valence-electron chi connectivity index (χ3n) is 1.78. The van der Waals surface area contributed by atoms with E-state index in [0.29, 0.717) is 12.4 Å². The standard InChI is InChI=1S/C10H11ClO4/c1-3-15-9-5-8(14-2)6(10(12)13)4-7(9)11/h4-5H,3H2,1-2H3,(H,12,13). The molecule has 0 aliphatic carbocycles. The Balaban J connectivity index is 3.22. The van der Waals surface area contributed by atoms with Crippen LogP contribution < -0.4 is 9.47 Å². The first kappa shape index (κ1) is 11.7. The third-order valence-corrected chi connectivity index (χ3v) is 2.08. The van der Waals surface area contributed by atoms with Crippen LogP contribution in [0.25, 0.3) is 0 Å². The van der Waals surface area contributed by atoms with Gasteiger partial charge < -0.3 is 14.6 Å². The largest absolute Gasteiger partial charge is 0.496 e.